The lowest BCUT2D eigenvalue weighted by atomic mass is 10.1. The number of nitrogens with two attached hydrogens (primary N) is 1. The number of carbonyl (C=O) groups excluding carboxylic acids is 1. The molecule has 1 aromatic heterocycles. The van der Waals surface area contributed by atoms with Gasteiger partial charge in [-0.3, -0.25) is 14.9 Å². The Morgan fingerprint density at radius 2 is 2.24 bits per heavy atom. The van der Waals surface area contributed by atoms with Gasteiger partial charge in [0.05, 0.1) is 10.5 Å². The summed E-state index contributed by atoms with van der Waals surface area (Å²) in [6.45, 7) is 0.537. The Morgan fingerprint density at radius 3 is 2.81 bits per heavy atom. The van der Waals surface area contributed by atoms with Gasteiger partial charge in [-0.25, -0.2) is 4.98 Å². The molecule has 3 N–H and O–H groups in total. The maximum Gasteiger partial charge on any atom is 0.288 e. The Labute approximate surface area is 126 Å². The number of nitrogen functional groups attached to an aromatic ring is 1. The summed E-state index contributed by atoms with van der Waals surface area (Å²) in [5, 5.41) is 13.6. The lowest BCUT2D eigenvalue weighted by molar-refractivity contribution is -0.385. The number of carbonyl (C=O) groups is 1. The minimum atomic E-state index is -0.594. The maximum atomic E-state index is 12.2. The van der Waals surface area contributed by atoms with Crippen molar-refractivity contribution in [1.29, 1.82) is 0 Å². The van der Waals surface area contributed by atoms with Crippen LogP contribution in [-0.2, 0) is 0 Å². The first-order chi connectivity index (χ1) is 9.97. The van der Waals surface area contributed by atoms with E-state index in [-0.39, 0.29) is 21.8 Å². The van der Waals surface area contributed by atoms with Crippen molar-refractivity contribution in [3.63, 3.8) is 0 Å². The van der Waals surface area contributed by atoms with E-state index in [1.165, 1.54) is 0 Å². The molecule has 0 radical (unpaired) electrons. The van der Waals surface area contributed by atoms with Crippen LogP contribution in [0.1, 0.15) is 36.0 Å². The largest absolute Gasteiger partial charge is 0.383 e. The normalized spacial score (nSPS) is 16.6. The summed E-state index contributed by atoms with van der Waals surface area (Å²) in [7, 11) is 0. The van der Waals surface area contributed by atoms with Gasteiger partial charge in [0.2, 0.25) is 0 Å². The van der Waals surface area contributed by atoms with Crippen molar-refractivity contribution in [1.82, 2.24) is 10.3 Å². The molecule has 21 heavy (non-hydrogen) atoms. The molecule has 1 aliphatic rings. The first kappa shape index (κ1) is 15.6. The molecule has 8 heteroatoms. The zero-order valence-electron chi connectivity index (χ0n) is 11.8. The number of rotatable bonds is 5. The third-order valence-electron chi connectivity index (χ3n) is 3.88. The highest BCUT2D eigenvalue weighted by Gasteiger charge is 2.33. The predicted octanol–water partition coefficient (Wildman–Crippen LogP) is 1.98. The average molecular weight is 310 g/mol. The number of nitrogens with one attached hydrogen (secondary N) is 1. The second-order valence-corrected chi connectivity index (χ2v) is 6.43. The summed E-state index contributed by atoms with van der Waals surface area (Å²) < 4.78 is 0.0680. The SMILES string of the molecule is CSC1(CNC(=O)c2cc([N+](=O)[O-])cnc2N)CCCC1. The van der Waals surface area contributed by atoms with Crippen molar-refractivity contribution < 1.29 is 9.72 Å². The topological polar surface area (TPSA) is 111 Å². The zero-order valence-corrected chi connectivity index (χ0v) is 12.6. The van der Waals surface area contributed by atoms with Gasteiger partial charge in [-0.1, -0.05) is 12.8 Å². The Kier molecular flexibility index (Phi) is 4.66. The third kappa shape index (κ3) is 3.44. The van der Waals surface area contributed by atoms with E-state index in [0.717, 1.165) is 37.9 Å². The molecule has 114 valence electrons. The van der Waals surface area contributed by atoms with Crippen LogP contribution < -0.4 is 11.1 Å². The Balaban J connectivity index is 2.09. The van der Waals surface area contributed by atoms with Crippen LogP contribution in [0.15, 0.2) is 12.3 Å². The van der Waals surface area contributed by atoms with Crippen molar-refractivity contribution in [3.8, 4) is 0 Å². The molecule has 1 aromatic rings. The fraction of sp³-hybridized carbons (Fsp3) is 0.538. The predicted molar refractivity (Wildman–Crippen MR) is 82.4 cm³/mol. The quantitative estimate of drug-likeness (QED) is 0.635. The first-order valence-electron chi connectivity index (χ1n) is 6.71. The zero-order chi connectivity index (χ0) is 15.5. The van der Waals surface area contributed by atoms with Gasteiger partial charge in [0.1, 0.15) is 12.0 Å². The molecule has 0 atom stereocenters. The number of amides is 1. The first-order valence-corrected chi connectivity index (χ1v) is 7.93. The number of nitro groups is 1. The second kappa shape index (κ2) is 6.30. The lowest BCUT2D eigenvalue weighted by Crippen LogP contribution is -2.38. The molecule has 7 nitrogen and oxygen atoms in total. The summed E-state index contributed by atoms with van der Waals surface area (Å²) in [4.78, 5) is 26.0. The van der Waals surface area contributed by atoms with Gasteiger partial charge in [0.25, 0.3) is 11.6 Å². The number of anilines is 1. The van der Waals surface area contributed by atoms with Crippen molar-refractivity contribution in [2.75, 3.05) is 18.5 Å². The smallest absolute Gasteiger partial charge is 0.288 e. The molecule has 0 unspecified atom stereocenters. The van der Waals surface area contributed by atoms with E-state index in [4.69, 9.17) is 5.73 Å². The van der Waals surface area contributed by atoms with Gasteiger partial charge in [0, 0.05) is 17.4 Å². The molecule has 0 aromatic carbocycles. The highest BCUT2D eigenvalue weighted by molar-refractivity contribution is 8.00. The van der Waals surface area contributed by atoms with Crippen LogP contribution in [0.3, 0.4) is 0 Å². The van der Waals surface area contributed by atoms with E-state index < -0.39 is 10.8 Å². The van der Waals surface area contributed by atoms with Gasteiger partial charge in [0.15, 0.2) is 0 Å². The summed E-state index contributed by atoms with van der Waals surface area (Å²) in [5.41, 5.74) is 5.45. The van der Waals surface area contributed by atoms with Crippen molar-refractivity contribution in [3.05, 3.63) is 27.9 Å². The molecule has 1 aliphatic carbocycles. The molecule has 0 saturated heterocycles. The van der Waals surface area contributed by atoms with E-state index in [1.54, 1.807) is 11.8 Å². The Morgan fingerprint density at radius 1 is 1.57 bits per heavy atom. The number of aromatic nitrogens is 1. The third-order valence-corrected chi connectivity index (χ3v) is 5.30. The van der Waals surface area contributed by atoms with Crippen molar-refractivity contribution in [2.24, 2.45) is 0 Å². The van der Waals surface area contributed by atoms with Crippen LogP contribution >= 0.6 is 11.8 Å². The summed E-state index contributed by atoms with van der Waals surface area (Å²) in [6.07, 6.45) is 7.55. The van der Waals surface area contributed by atoms with Crippen LogP contribution in [0.25, 0.3) is 0 Å². The average Bonchev–Trinajstić information content (AvgIpc) is 2.94. The lowest BCUT2D eigenvalue weighted by Gasteiger charge is -2.26. The van der Waals surface area contributed by atoms with Gasteiger partial charge in [-0.2, -0.15) is 11.8 Å². The molecular weight excluding hydrogens is 292 g/mol. The molecule has 1 fully saturated rings. The van der Waals surface area contributed by atoms with Gasteiger partial charge >= 0.3 is 0 Å². The molecule has 1 amide bonds. The molecule has 0 spiro atoms. The van der Waals surface area contributed by atoms with E-state index in [1.807, 2.05) is 6.26 Å². The van der Waals surface area contributed by atoms with Gasteiger partial charge in [-0.15, -0.1) is 0 Å². The van der Waals surface area contributed by atoms with E-state index in [9.17, 15) is 14.9 Å². The van der Waals surface area contributed by atoms with Gasteiger partial charge < -0.3 is 11.1 Å². The molecule has 2 rings (SSSR count). The fourth-order valence-electron chi connectivity index (χ4n) is 2.56. The van der Waals surface area contributed by atoms with Crippen molar-refractivity contribution >= 4 is 29.2 Å². The Bertz CT molecular complexity index is 558. The Hall–Kier alpha value is -1.83. The minimum absolute atomic E-state index is 0.00252. The van der Waals surface area contributed by atoms with Crippen LogP contribution in [-0.4, -0.2) is 33.4 Å². The van der Waals surface area contributed by atoms with Crippen LogP contribution in [0.5, 0.6) is 0 Å². The fourth-order valence-corrected chi connectivity index (χ4v) is 3.47. The van der Waals surface area contributed by atoms with Gasteiger partial charge in [-0.05, 0) is 19.1 Å². The summed E-state index contributed by atoms with van der Waals surface area (Å²) in [6, 6.07) is 1.16. The standard InChI is InChI=1S/C13H18N4O3S/c1-21-13(4-2-3-5-13)8-16-12(18)10-6-9(17(19)20)7-15-11(10)14/h6-7H,2-5,8H2,1H3,(H2,14,15)(H,16,18). The van der Waals surface area contributed by atoms with E-state index in [2.05, 4.69) is 10.3 Å². The summed E-state index contributed by atoms with van der Waals surface area (Å²) in [5.74, 6) is -0.410. The van der Waals surface area contributed by atoms with Crippen LogP contribution in [0.4, 0.5) is 11.5 Å². The minimum Gasteiger partial charge on any atom is -0.383 e. The molecule has 0 aliphatic heterocycles. The summed E-state index contributed by atoms with van der Waals surface area (Å²) >= 11 is 1.76. The molecule has 0 bridgehead atoms. The number of hydrogen-bond donors (Lipinski definition) is 2. The number of thioether (sulfide) groups is 1. The number of nitrogens with zero attached hydrogens (tertiary/aromatic N) is 2. The van der Waals surface area contributed by atoms with E-state index in [0.29, 0.717) is 6.54 Å². The van der Waals surface area contributed by atoms with Crippen LogP contribution in [0.2, 0.25) is 0 Å². The maximum absolute atomic E-state index is 12.2. The second-order valence-electron chi connectivity index (χ2n) is 5.16. The van der Waals surface area contributed by atoms with Crippen molar-refractivity contribution in [2.45, 2.75) is 30.4 Å². The van der Waals surface area contributed by atoms with E-state index >= 15 is 0 Å². The monoisotopic (exact) mass is 310 g/mol. The molecular formula is C13H18N4O3S. The van der Waals surface area contributed by atoms with Crippen LogP contribution in [0, 0.1) is 10.1 Å². The highest BCUT2D eigenvalue weighted by atomic mass is 32.2. The number of pyridine rings is 1. The molecule has 1 heterocycles. The highest BCUT2D eigenvalue weighted by Crippen LogP contribution is 2.39. The molecule has 1 saturated carbocycles. The number of hydrogen-bond acceptors (Lipinski definition) is 6.